The Bertz CT molecular complexity index is 982. The van der Waals surface area contributed by atoms with E-state index in [4.69, 9.17) is 11.6 Å². The van der Waals surface area contributed by atoms with Crippen molar-refractivity contribution in [2.45, 2.75) is 19.0 Å². The van der Waals surface area contributed by atoms with Gasteiger partial charge in [0.1, 0.15) is 0 Å². The van der Waals surface area contributed by atoms with Gasteiger partial charge in [-0.25, -0.2) is 0 Å². The summed E-state index contributed by atoms with van der Waals surface area (Å²) < 4.78 is 1.73. The third-order valence-electron chi connectivity index (χ3n) is 3.52. The minimum Gasteiger partial charge on any atom is -0.325 e. The number of carbonyl (C=O) groups excluding carboxylic acids is 1. The molecule has 3 aromatic rings. The lowest BCUT2D eigenvalue weighted by Gasteiger charge is -2.06. The van der Waals surface area contributed by atoms with Crippen molar-refractivity contribution < 1.29 is 4.79 Å². The van der Waals surface area contributed by atoms with Crippen LogP contribution >= 0.6 is 23.4 Å². The number of thioether (sulfide) groups is 1. The maximum atomic E-state index is 12.1. The van der Waals surface area contributed by atoms with Crippen LogP contribution in [0.25, 0.3) is 5.78 Å². The Labute approximate surface area is 146 Å². The van der Waals surface area contributed by atoms with Gasteiger partial charge in [-0.3, -0.25) is 19.0 Å². The molecule has 2 N–H and O–H groups in total. The van der Waals surface area contributed by atoms with Gasteiger partial charge in [0, 0.05) is 22.0 Å². The highest BCUT2D eigenvalue weighted by molar-refractivity contribution is 7.99. The van der Waals surface area contributed by atoms with Crippen LogP contribution in [0.5, 0.6) is 0 Å². The summed E-state index contributed by atoms with van der Waals surface area (Å²) >= 11 is 7.13. The van der Waals surface area contributed by atoms with Crippen molar-refractivity contribution >= 4 is 40.7 Å². The number of carbonyl (C=O) groups is 1. The number of amides is 1. The number of nitrogens with one attached hydrogen (secondary N) is 2. The van der Waals surface area contributed by atoms with Crippen LogP contribution in [0.2, 0.25) is 5.02 Å². The first-order valence-electron chi connectivity index (χ1n) is 7.08. The molecule has 2 heterocycles. The Morgan fingerprint density at radius 1 is 1.38 bits per heavy atom. The summed E-state index contributed by atoms with van der Waals surface area (Å²) in [6.07, 6.45) is 0. The third-order valence-corrected chi connectivity index (χ3v) is 4.68. The van der Waals surface area contributed by atoms with Crippen LogP contribution in [0.3, 0.4) is 0 Å². The minimum absolute atomic E-state index is 0.158. The number of aromatic nitrogens is 4. The number of hydrogen-bond acceptors (Lipinski definition) is 5. The van der Waals surface area contributed by atoms with Crippen LogP contribution in [0, 0.1) is 13.8 Å². The summed E-state index contributed by atoms with van der Waals surface area (Å²) in [7, 11) is 0. The van der Waals surface area contributed by atoms with Gasteiger partial charge in [0.15, 0.2) is 5.16 Å². The normalized spacial score (nSPS) is 11.0. The van der Waals surface area contributed by atoms with Crippen LogP contribution in [0.1, 0.15) is 11.3 Å². The lowest BCUT2D eigenvalue weighted by molar-refractivity contribution is -0.113. The predicted molar refractivity (Wildman–Crippen MR) is 93.9 cm³/mol. The molecule has 0 fully saturated rings. The fraction of sp³-hybridized carbons (Fsp3) is 0.200. The molecule has 24 heavy (non-hydrogen) atoms. The molecule has 0 unspecified atom stereocenters. The van der Waals surface area contributed by atoms with E-state index >= 15 is 0 Å². The number of aromatic amines is 1. The highest BCUT2D eigenvalue weighted by Gasteiger charge is 2.14. The quantitative estimate of drug-likeness (QED) is 0.694. The fourth-order valence-corrected chi connectivity index (χ4v) is 3.14. The van der Waals surface area contributed by atoms with E-state index in [0.717, 1.165) is 5.69 Å². The number of hydrogen-bond donors (Lipinski definition) is 2. The molecule has 124 valence electrons. The Hall–Kier alpha value is -2.32. The molecule has 0 saturated carbocycles. The summed E-state index contributed by atoms with van der Waals surface area (Å²) in [5, 5.41) is 11.8. The number of fused-ring (bicyclic) bond motifs is 1. The first-order chi connectivity index (χ1) is 11.5. The molecule has 0 radical (unpaired) electrons. The first-order valence-corrected chi connectivity index (χ1v) is 8.45. The number of nitrogens with zero attached hydrogens (tertiary/aromatic N) is 3. The molecule has 0 saturated heterocycles. The van der Waals surface area contributed by atoms with Gasteiger partial charge in [-0.1, -0.05) is 29.4 Å². The van der Waals surface area contributed by atoms with Gasteiger partial charge >= 0.3 is 0 Å². The average Bonchev–Trinajstić information content (AvgIpc) is 2.93. The van der Waals surface area contributed by atoms with E-state index in [0.29, 0.717) is 27.2 Å². The minimum atomic E-state index is -0.192. The summed E-state index contributed by atoms with van der Waals surface area (Å²) in [5.74, 6) is 0.337. The van der Waals surface area contributed by atoms with E-state index in [1.54, 1.807) is 35.6 Å². The van der Waals surface area contributed by atoms with E-state index in [1.807, 2.05) is 6.92 Å². The highest BCUT2D eigenvalue weighted by Crippen LogP contribution is 2.19. The van der Waals surface area contributed by atoms with Crippen molar-refractivity contribution in [2.24, 2.45) is 0 Å². The molecular weight excluding hydrogens is 350 g/mol. The fourth-order valence-electron chi connectivity index (χ4n) is 2.17. The van der Waals surface area contributed by atoms with E-state index in [1.165, 1.54) is 11.8 Å². The summed E-state index contributed by atoms with van der Waals surface area (Å²) in [5.41, 5.74) is 1.78. The standard InChI is InChI=1S/C15H14ClN5O2S/c1-8-9(2)21-14(18-13(8)23)19-20-15(21)24-7-12(22)17-11-5-3-4-10(16)6-11/h3-6H,7H2,1-2H3,(H,17,22)(H,18,19,23). The van der Waals surface area contributed by atoms with Gasteiger partial charge < -0.3 is 5.32 Å². The van der Waals surface area contributed by atoms with Crippen LogP contribution < -0.4 is 10.9 Å². The second-order valence-electron chi connectivity index (χ2n) is 5.15. The molecule has 1 amide bonds. The SMILES string of the molecule is Cc1c(C)n2c(SCC(=O)Nc3cccc(Cl)c3)nnc2[nH]c1=O. The van der Waals surface area contributed by atoms with Crippen molar-refractivity contribution in [3.63, 3.8) is 0 Å². The molecule has 0 aliphatic carbocycles. The number of halogens is 1. The number of anilines is 1. The van der Waals surface area contributed by atoms with E-state index in [9.17, 15) is 9.59 Å². The predicted octanol–water partition coefficient (Wildman–Crippen LogP) is 2.42. The van der Waals surface area contributed by atoms with Crippen molar-refractivity contribution in [2.75, 3.05) is 11.1 Å². The topological polar surface area (TPSA) is 92.2 Å². The smallest absolute Gasteiger partial charge is 0.255 e. The molecule has 1 aromatic carbocycles. The number of H-pyrrole nitrogens is 1. The number of rotatable bonds is 4. The van der Waals surface area contributed by atoms with Gasteiger partial charge in [-0.2, -0.15) is 0 Å². The zero-order chi connectivity index (χ0) is 17.3. The second kappa shape index (κ2) is 6.66. The monoisotopic (exact) mass is 363 g/mol. The lowest BCUT2D eigenvalue weighted by Crippen LogP contribution is -2.16. The zero-order valence-electron chi connectivity index (χ0n) is 13.0. The molecule has 0 aliphatic heterocycles. The van der Waals surface area contributed by atoms with Crippen molar-refractivity contribution in [3.8, 4) is 0 Å². The Morgan fingerprint density at radius 2 is 2.17 bits per heavy atom. The highest BCUT2D eigenvalue weighted by atomic mass is 35.5. The molecule has 0 spiro atoms. The van der Waals surface area contributed by atoms with Gasteiger partial charge in [-0.05, 0) is 32.0 Å². The van der Waals surface area contributed by atoms with Crippen molar-refractivity contribution in [1.29, 1.82) is 0 Å². The Morgan fingerprint density at radius 3 is 2.92 bits per heavy atom. The molecular formula is C15H14ClN5O2S. The van der Waals surface area contributed by atoms with Crippen molar-refractivity contribution in [1.82, 2.24) is 19.6 Å². The van der Waals surface area contributed by atoms with Gasteiger partial charge in [0.05, 0.1) is 5.75 Å². The van der Waals surface area contributed by atoms with Gasteiger partial charge in [0.25, 0.3) is 5.56 Å². The summed E-state index contributed by atoms with van der Waals surface area (Å²) in [4.78, 5) is 26.5. The van der Waals surface area contributed by atoms with Crippen molar-refractivity contribution in [3.05, 3.63) is 50.9 Å². The van der Waals surface area contributed by atoms with E-state index in [2.05, 4.69) is 20.5 Å². The zero-order valence-corrected chi connectivity index (χ0v) is 14.5. The van der Waals surface area contributed by atoms with Gasteiger partial charge in [0.2, 0.25) is 11.7 Å². The lowest BCUT2D eigenvalue weighted by atomic mass is 10.3. The first kappa shape index (κ1) is 16.5. The second-order valence-corrected chi connectivity index (χ2v) is 6.53. The molecule has 0 aliphatic rings. The summed E-state index contributed by atoms with van der Waals surface area (Å²) in [6, 6.07) is 6.94. The molecule has 3 rings (SSSR count). The van der Waals surface area contributed by atoms with Crippen LogP contribution in [0.15, 0.2) is 34.2 Å². The number of aryl methyl sites for hydroxylation is 1. The molecule has 9 heteroatoms. The van der Waals surface area contributed by atoms with Crippen LogP contribution in [-0.2, 0) is 4.79 Å². The van der Waals surface area contributed by atoms with E-state index in [-0.39, 0.29) is 17.2 Å². The molecule has 7 nitrogen and oxygen atoms in total. The number of benzene rings is 1. The van der Waals surface area contributed by atoms with E-state index < -0.39 is 0 Å². The maximum absolute atomic E-state index is 12.1. The Balaban J connectivity index is 1.75. The maximum Gasteiger partial charge on any atom is 0.255 e. The third kappa shape index (κ3) is 3.29. The van der Waals surface area contributed by atoms with Crippen LogP contribution in [0.4, 0.5) is 5.69 Å². The van der Waals surface area contributed by atoms with Gasteiger partial charge in [-0.15, -0.1) is 10.2 Å². The largest absolute Gasteiger partial charge is 0.325 e. The molecule has 2 aromatic heterocycles. The van der Waals surface area contributed by atoms with Crippen LogP contribution in [-0.4, -0.2) is 31.2 Å². The summed E-state index contributed by atoms with van der Waals surface area (Å²) in [6.45, 7) is 3.55. The average molecular weight is 364 g/mol. The molecule has 0 bridgehead atoms. The Kier molecular flexibility index (Phi) is 4.59. The molecule has 0 atom stereocenters.